The molecule has 0 aliphatic heterocycles. The van der Waals surface area contributed by atoms with Gasteiger partial charge in [-0.2, -0.15) is 0 Å². The lowest BCUT2D eigenvalue weighted by Crippen LogP contribution is -2.23. The molecule has 0 bridgehead atoms. The molecule has 0 amide bonds. The molecule has 0 aliphatic rings. The average molecular weight is 279 g/mol. The number of hydrogen-bond donors (Lipinski definition) is 1. The van der Waals surface area contributed by atoms with Gasteiger partial charge in [0.1, 0.15) is 16.2 Å². The van der Waals surface area contributed by atoms with Gasteiger partial charge in [0.2, 0.25) is 0 Å². The number of ether oxygens (including phenoxy) is 1. The Hall–Kier alpha value is -1.75. The van der Waals surface area contributed by atoms with Crippen molar-refractivity contribution in [1.29, 1.82) is 0 Å². The first-order valence-corrected chi connectivity index (χ1v) is 6.77. The molecule has 2 N–H and O–H groups in total. The molecule has 0 saturated carbocycles. The third-order valence-electron chi connectivity index (χ3n) is 2.52. The van der Waals surface area contributed by atoms with Crippen LogP contribution in [0.2, 0.25) is 0 Å². The third-order valence-corrected chi connectivity index (χ3v) is 3.82. The standard InChI is InChI=1S/C14H17NO3S/c1-8-10(15)12(13(16)18-14(2,3)4)19-11(8)9-6-5-7-17-9/h5-7H,15H2,1-4H3. The molecule has 0 spiro atoms. The lowest BCUT2D eigenvalue weighted by Gasteiger charge is -2.19. The Labute approximate surface area is 116 Å². The predicted octanol–water partition coefficient (Wildman–Crippen LogP) is 3.85. The second-order valence-corrected chi connectivity index (χ2v) is 6.30. The van der Waals surface area contributed by atoms with E-state index in [4.69, 9.17) is 14.9 Å². The van der Waals surface area contributed by atoms with Crippen LogP contribution in [0.25, 0.3) is 10.6 Å². The van der Waals surface area contributed by atoms with Crippen LogP contribution >= 0.6 is 11.3 Å². The van der Waals surface area contributed by atoms with E-state index in [0.717, 1.165) is 10.4 Å². The molecular weight excluding hydrogens is 262 g/mol. The van der Waals surface area contributed by atoms with Crippen LogP contribution in [0, 0.1) is 6.92 Å². The third kappa shape index (κ3) is 2.81. The number of thiophene rings is 1. The van der Waals surface area contributed by atoms with Crippen LogP contribution in [-0.4, -0.2) is 11.6 Å². The molecule has 2 aromatic heterocycles. The van der Waals surface area contributed by atoms with E-state index in [1.165, 1.54) is 11.3 Å². The zero-order valence-electron chi connectivity index (χ0n) is 11.4. The van der Waals surface area contributed by atoms with Crippen LogP contribution in [0.5, 0.6) is 0 Å². The number of esters is 1. The van der Waals surface area contributed by atoms with Crippen molar-refractivity contribution in [3.63, 3.8) is 0 Å². The number of nitrogens with two attached hydrogens (primary N) is 1. The molecule has 0 radical (unpaired) electrons. The predicted molar refractivity (Wildman–Crippen MR) is 76.3 cm³/mol. The van der Waals surface area contributed by atoms with Crippen molar-refractivity contribution in [1.82, 2.24) is 0 Å². The summed E-state index contributed by atoms with van der Waals surface area (Å²) >= 11 is 1.30. The maximum absolute atomic E-state index is 12.1. The lowest BCUT2D eigenvalue weighted by molar-refractivity contribution is 0.00763. The van der Waals surface area contributed by atoms with Gasteiger partial charge in [-0.15, -0.1) is 11.3 Å². The second-order valence-electron chi connectivity index (χ2n) is 5.28. The SMILES string of the molecule is Cc1c(-c2ccco2)sc(C(=O)OC(C)(C)C)c1N. The lowest BCUT2D eigenvalue weighted by atomic mass is 10.2. The molecule has 2 heterocycles. The van der Waals surface area contributed by atoms with Crippen molar-refractivity contribution in [2.45, 2.75) is 33.3 Å². The summed E-state index contributed by atoms with van der Waals surface area (Å²) in [6.45, 7) is 7.36. The van der Waals surface area contributed by atoms with Gasteiger partial charge in [-0.05, 0) is 45.4 Å². The van der Waals surface area contributed by atoms with Gasteiger partial charge in [0.25, 0.3) is 0 Å². The molecule has 102 valence electrons. The molecule has 0 aromatic carbocycles. The number of rotatable bonds is 2. The number of hydrogen-bond acceptors (Lipinski definition) is 5. The Balaban J connectivity index is 2.39. The number of carbonyl (C=O) groups excluding carboxylic acids is 1. The maximum atomic E-state index is 12.1. The van der Waals surface area contributed by atoms with Crippen LogP contribution < -0.4 is 5.73 Å². The van der Waals surface area contributed by atoms with Gasteiger partial charge >= 0.3 is 5.97 Å². The largest absolute Gasteiger partial charge is 0.464 e. The summed E-state index contributed by atoms with van der Waals surface area (Å²) in [5.41, 5.74) is 6.77. The van der Waals surface area contributed by atoms with E-state index >= 15 is 0 Å². The van der Waals surface area contributed by atoms with Crippen molar-refractivity contribution in [3.8, 4) is 10.6 Å². The highest BCUT2D eigenvalue weighted by Gasteiger charge is 2.25. The van der Waals surface area contributed by atoms with Crippen molar-refractivity contribution in [3.05, 3.63) is 28.8 Å². The van der Waals surface area contributed by atoms with Gasteiger partial charge < -0.3 is 14.9 Å². The molecular formula is C14H17NO3S. The Morgan fingerprint density at radius 2 is 2.11 bits per heavy atom. The molecule has 0 aliphatic carbocycles. The van der Waals surface area contributed by atoms with Crippen LogP contribution in [0.15, 0.2) is 22.8 Å². The minimum atomic E-state index is -0.535. The zero-order valence-corrected chi connectivity index (χ0v) is 12.3. The normalized spacial score (nSPS) is 11.6. The van der Waals surface area contributed by atoms with Crippen LogP contribution in [-0.2, 0) is 4.74 Å². The molecule has 0 fully saturated rings. The molecule has 2 rings (SSSR count). The monoisotopic (exact) mass is 279 g/mol. The highest BCUT2D eigenvalue weighted by Crippen LogP contribution is 2.39. The Kier molecular flexibility index (Phi) is 3.41. The van der Waals surface area contributed by atoms with Crippen LogP contribution in [0.1, 0.15) is 36.0 Å². The van der Waals surface area contributed by atoms with Crippen molar-refractivity contribution in [2.75, 3.05) is 5.73 Å². The van der Waals surface area contributed by atoms with Crippen LogP contribution in [0.3, 0.4) is 0 Å². The fourth-order valence-corrected chi connectivity index (χ4v) is 2.72. The van der Waals surface area contributed by atoms with Crippen LogP contribution in [0.4, 0.5) is 5.69 Å². The molecule has 2 aromatic rings. The van der Waals surface area contributed by atoms with E-state index in [-0.39, 0.29) is 0 Å². The van der Waals surface area contributed by atoms with E-state index in [9.17, 15) is 4.79 Å². The van der Waals surface area contributed by atoms with Gasteiger partial charge in [-0.25, -0.2) is 4.79 Å². The fourth-order valence-electron chi connectivity index (χ4n) is 1.65. The number of anilines is 1. The second kappa shape index (κ2) is 4.74. The highest BCUT2D eigenvalue weighted by molar-refractivity contribution is 7.18. The van der Waals surface area contributed by atoms with E-state index in [2.05, 4.69) is 0 Å². The van der Waals surface area contributed by atoms with Gasteiger partial charge in [-0.1, -0.05) is 0 Å². The minimum absolute atomic E-state index is 0.393. The quantitative estimate of drug-likeness (QED) is 0.848. The van der Waals surface area contributed by atoms with Gasteiger partial charge in [0.15, 0.2) is 0 Å². The number of carbonyl (C=O) groups is 1. The molecule has 0 atom stereocenters. The summed E-state index contributed by atoms with van der Waals surface area (Å²) in [7, 11) is 0. The summed E-state index contributed by atoms with van der Waals surface area (Å²) in [6.07, 6.45) is 1.60. The Morgan fingerprint density at radius 1 is 1.42 bits per heavy atom. The Bertz CT molecular complexity index is 591. The van der Waals surface area contributed by atoms with Gasteiger partial charge in [0.05, 0.1) is 16.8 Å². The molecule has 19 heavy (non-hydrogen) atoms. The highest BCUT2D eigenvalue weighted by atomic mass is 32.1. The number of nitrogen functional groups attached to an aromatic ring is 1. The first kappa shape index (κ1) is 13.7. The first-order valence-electron chi connectivity index (χ1n) is 5.95. The molecule has 0 saturated heterocycles. The minimum Gasteiger partial charge on any atom is -0.464 e. The number of furan rings is 1. The van der Waals surface area contributed by atoms with E-state index in [1.54, 1.807) is 12.3 Å². The summed E-state index contributed by atoms with van der Waals surface area (Å²) < 4.78 is 10.7. The Morgan fingerprint density at radius 3 is 2.63 bits per heavy atom. The zero-order chi connectivity index (χ0) is 14.2. The molecule has 5 heteroatoms. The molecule has 4 nitrogen and oxygen atoms in total. The van der Waals surface area contributed by atoms with E-state index in [0.29, 0.717) is 16.3 Å². The maximum Gasteiger partial charge on any atom is 0.351 e. The van der Waals surface area contributed by atoms with Crippen molar-refractivity contribution >= 4 is 23.0 Å². The average Bonchev–Trinajstić information content (AvgIpc) is 2.87. The summed E-state index contributed by atoms with van der Waals surface area (Å²) in [4.78, 5) is 13.4. The smallest absolute Gasteiger partial charge is 0.351 e. The van der Waals surface area contributed by atoms with Gasteiger partial charge in [-0.3, -0.25) is 0 Å². The summed E-state index contributed by atoms with van der Waals surface area (Å²) in [6, 6.07) is 3.65. The molecule has 0 unspecified atom stereocenters. The van der Waals surface area contributed by atoms with E-state index < -0.39 is 11.6 Å². The summed E-state index contributed by atoms with van der Waals surface area (Å²) in [5, 5.41) is 0. The first-order chi connectivity index (χ1) is 8.79. The fraction of sp³-hybridized carbons (Fsp3) is 0.357. The van der Waals surface area contributed by atoms with Crippen molar-refractivity contribution in [2.24, 2.45) is 0 Å². The van der Waals surface area contributed by atoms with Crippen molar-refractivity contribution < 1.29 is 13.9 Å². The summed E-state index contributed by atoms with van der Waals surface area (Å²) in [5.74, 6) is 0.319. The topological polar surface area (TPSA) is 65.5 Å². The van der Waals surface area contributed by atoms with Gasteiger partial charge in [0, 0.05) is 0 Å². The van der Waals surface area contributed by atoms with E-state index in [1.807, 2.05) is 33.8 Å².